The first-order valence-electron chi connectivity index (χ1n) is 4.70. The van der Waals surface area contributed by atoms with Crippen LogP contribution in [0.4, 0.5) is 0 Å². The zero-order valence-corrected chi connectivity index (χ0v) is 8.89. The monoisotopic (exact) mass is 202 g/mol. The zero-order valence-electron chi connectivity index (χ0n) is 8.00. The van der Waals surface area contributed by atoms with Crippen LogP contribution in [-0.2, 0) is 9.47 Å². The molecule has 2 nitrogen and oxygen atoms in total. The van der Waals surface area contributed by atoms with Gasteiger partial charge in [0.25, 0.3) is 0 Å². The van der Waals surface area contributed by atoms with Crippen molar-refractivity contribution < 1.29 is 9.47 Å². The molecular formula is C10H18O2S. The highest BCUT2D eigenvalue weighted by molar-refractivity contribution is 7.80. The van der Waals surface area contributed by atoms with Crippen LogP contribution in [0.2, 0.25) is 0 Å². The number of hydrogen-bond donors (Lipinski definition) is 1. The Morgan fingerprint density at radius 3 is 2.69 bits per heavy atom. The fourth-order valence-electron chi connectivity index (χ4n) is 1.51. The summed E-state index contributed by atoms with van der Waals surface area (Å²) in [6, 6.07) is 0. The molecule has 0 N–H and O–H groups in total. The summed E-state index contributed by atoms with van der Waals surface area (Å²) in [6.07, 6.45) is 3.91. The van der Waals surface area contributed by atoms with Gasteiger partial charge in [0.15, 0.2) is 0 Å². The second-order valence-electron chi connectivity index (χ2n) is 3.57. The molecule has 1 aliphatic rings. The van der Waals surface area contributed by atoms with Crippen molar-refractivity contribution >= 4 is 12.6 Å². The van der Waals surface area contributed by atoms with Crippen LogP contribution >= 0.6 is 12.6 Å². The van der Waals surface area contributed by atoms with E-state index in [1.807, 2.05) is 0 Å². The second-order valence-corrected chi connectivity index (χ2v) is 3.89. The third-order valence-electron chi connectivity index (χ3n) is 2.53. The van der Waals surface area contributed by atoms with Crippen molar-refractivity contribution in [2.75, 3.05) is 32.2 Å². The Balaban J connectivity index is 2.33. The van der Waals surface area contributed by atoms with Gasteiger partial charge >= 0.3 is 0 Å². The maximum absolute atomic E-state index is 5.49. The Morgan fingerprint density at radius 1 is 1.46 bits per heavy atom. The van der Waals surface area contributed by atoms with Crippen LogP contribution in [0.5, 0.6) is 0 Å². The fraction of sp³-hybridized carbons (Fsp3) is 0.800. The van der Waals surface area contributed by atoms with Crippen LogP contribution in [0.1, 0.15) is 12.8 Å². The van der Waals surface area contributed by atoms with Crippen molar-refractivity contribution in [2.24, 2.45) is 5.41 Å². The van der Waals surface area contributed by atoms with Crippen LogP contribution in [0.15, 0.2) is 12.7 Å². The topological polar surface area (TPSA) is 18.5 Å². The third-order valence-corrected chi connectivity index (χ3v) is 3.20. The minimum absolute atomic E-state index is 0.240. The van der Waals surface area contributed by atoms with E-state index in [1.165, 1.54) is 0 Å². The molecule has 0 saturated carbocycles. The van der Waals surface area contributed by atoms with E-state index in [9.17, 15) is 0 Å². The normalized spacial score (nSPS) is 21.3. The third kappa shape index (κ3) is 3.33. The van der Waals surface area contributed by atoms with Gasteiger partial charge in [-0.05, 0) is 18.6 Å². The van der Waals surface area contributed by atoms with Crippen molar-refractivity contribution in [3.8, 4) is 0 Å². The highest BCUT2D eigenvalue weighted by atomic mass is 32.1. The summed E-state index contributed by atoms with van der Waals surface area (Å²) in [7, 11) is 0. The van der Waals surface area contributed by atoms with Crippen LogP contribution in [0, 0.1) is 5.41 Å². The van der Waals surface area contributed by atoms with Crippen LogP contribution in [0.3, 0.4) is 0 Å². The maximum Gasteiger partial charge on any atom is 0.0645 e. The van der Waals surface area contributed by atoms with Crippen molar-refractivity contribution in [1.82, 2.24) is 0 Å². The first-order valence-corrected chi connectivity index (χ1v) is 5.33. The number of hydrogen-bond acceptors (Lipinski definition) is 3. The van der Waals surface area contributed by atoms with Gasteiger partial charge in [0.2, 0.25) is 0 Å². The summed E-state index contributed by atoms with van der Waals surface area (Å²) in [6.45, 7) is 6.73. The summed E-state index contributed by atoms with van der Waals surface area (Å²) in [5, 5.41) is 0. The van der Waals surface area contributed by atoms with Gasteiger partial charge in [0.05, 0.1) is 13.2 Å². The average molecular weight is 202 g/mol. The molecule has 0 atom stereocenters. The van der Waals surface area contributed by atoms with Gasteiger partial charge in [0, 0.05) is 18.6 Å². The fourth-order valence-corrected chi connectivity index (χ4v) is 1.92. The van der Waals surface area contributed by atoms with Gasteiger partial charge in [-0.25, -0.2) is 0 Å². The quantitative estimate of drug-likeness (QED) is 0.417. The van der Waals surface area contributed by atoms with Gasteiger partial charge in [0.1, 0.15) is 0 Å². The molecule has 1 saturated heterocycles. The number of rotatable bonds is 5. The minimum atomic E-state index is 0.240. The first-order chi connectivity index (χ1) is 6.33. The first kappa shape index (κ1) is 11.1. The van der Waals surface area contributed by atoms with E-state index in [4.69, 9.17) is 9.47 Å². The summed E-state index contributed by atoms with van der Waals surface area (Å²) >= 11 is 4.39. The highest BCUT2D eigenvalue weighted by Gasteiger charge is 2.31. The van der Waals surface area contributed by atoms with Gasteiger partial charge in [-0.2, -0.15) is 12.6 Å². The highest BCUT2D eigenvalue weighted by Crippen LogP contribution is 2.31. The van der Waals surface area contributed by atoms with E-state index in [0.717, 1.165) is 38.4 Å². The molecule has 1 rings (SSSR count). The van der Waals surface area contributed by atoms with Gasteiger partial charge in [-0.3, -0.25) is 0 Å². The Kier molecular flexibility index (Phi) is 4.84. The maximum atomic E-state index is 5.49. The van der Waals surface area contributed by atoms with Crippen LogP contribution < -0.4 is 0 Å². The molecule has 1 fully saturated rings. The van der Waals surface area contributed by atoms with Crippen molar-refractivity contribution in [1.29, 1.82) is 0 Å². The standard InChI is InChI=1S/C10H18O2S/c1-2-5-12-8-10(9-13)3-6-11-7-4-10/h2,13H,1,3-9H2. The molecule has 0 bridgehead atoms. The molecule has 0 radical (unpaired) electrons. The van der Waals surface area contributed by atoms with Crippen molar-refractivity contribution in [3.05, 3.63) is 12.7 Å². The van der Waals surface area contributed by atoms with E-state index in [1.54, 1.807) is 6.08 Å². The van der Waals surface area contributed by atoms with E-state index < -0.39 is 0 Å². The lowest BCUT2D eigenvalue weighted by molar-refractivity contribution is -0.0213. The van der Waals surface area contributed by atoms with Gasteiger partial charge in [-0.1, -0.05) is 6.08 Å². The van der Waals surface area contributed by atoms with Crippen LogP contribution in [0.25, 0.3) is 0 Å². The summed E-state index contributed by atoms with van der Waals surface area (Å²) in [5.41, 5.74) is 0.240. The second kappa shape index (κ2) is 5.68. The zero-order chi connectivity index (χ0) is 9.57. The van der Waals surface area contributed by atoms with Crippen molar-refractivity contribution in [2.45, 2.75) is 12.8 Å². The average Bonchev–Trinajstić information content (AvgIpc) is 2.20. The lowest BCUT2D eigenvalue weighted by atomic mass is 9.83. The van der Waals surface area contributed by atoms with Gasteiger partial charge < -0.3 is 9.47 Å². The number of thiol groups is 1. The molecule has 0 amide bonds. The molecule has 0 spiro atoms. The SMILES string of the molecule is C=CCOCC1(CS)CCOCC1. The summed E-state index contributed by atoms with van der Waals surface area (Å²) in [5.74, 6) is 0.882. The van der Waals surface area contributed by atoms with Crippen LogP contribution in [-0.4, -0.2) is 32.2 Å². The predicted molar refractivity (Wildman–Crippen MR) is 57.4 cm³/mol. The lowest BCUT2D eigenvalue weighted by Crippen LogP contribution is -2.35. The van der Waals surface area contributed by atoms with E-state index >= 15 is 0 Å². The molecule has 0 unspecified atom stereocenters. The van der Waals surface area contributed by atoms with Crippen molar-refractivity contribution in [3.63, 3.8) is 0 Å². The van der Waals surface area contributed by atoms with E-state index in [0.29, 0.717) is 6.61 Å². The van der Waals surface area contributed by atoms with E-state index in [2.05, 4.69) is 19.2 Å². The predicted octanol–water partition coefficient (Wildman–Crippen LogP) is 1.92. The molecule has 76 valence electrons. The minimum Gasteiger partial charge on any atom is -0.381 e. The number of ether oxygens (including phenoxy) is 2. The largest absolute Gasteiger partial charge is 0.381 e. The Labute approximate surface area is 85.7 Å². The summed E-state index contributed by atoms with van der Waals surface area (Å²) < 4.78 is 10.8. The lowest BCUT2D eigenvalue weighted by Gasteiger charge is -2.35. The molecule has 0 aromatic heterocycles. The Bertz CT molecular complexity index is 153. The molecule has 1 heterocycles. The molecular weight excluding hydrogens is 184 g/mol. The molecule has 0 aromatic carbocycles. The Hall–Kier alpha value is 0.01000. The molecule has 0 aromatic rings. The Morgan fingerprint density at radius 2 is 2.15 bits per heavy atom. The molecule has 3 heteroatoms. The smallest absolute Gasteiger partial charge is 0.0645 e. The molecule has 13 heavy (non-hydrogen) atoms. The van der Waals surface area contributed by atoms with Gasteiger partial charge in [-0.15, -0.1) is 6.58 Å². The van der Waals surface area contributed by atoms with E-state index in [-0.39, 0.29) is 5.41 Å². The molecule has 1 aliphatic heterocycles. The molecule has 0 aliphatic carbocycles. The summed E-state index contributed by atoms with van der Waals surface area (Å²) in [4.78, 5) is 0.